The summed E-state index contributed by atoms with van der Waals surface area (Å²) in [7, 11) is 0. The van der Waals surface area contributed by atoms with Gasteiger partial charge in [0.05, 0.1) is 11.4 Å². The molecule has 1 fully saturated rings. The van der Waals surface area contributed by atoms with E-state index >= 15 is 0 Å². The molecule has 2 aromatic rings. The van der Waals surface area contributed by atoms with E-state index in [0.29, 0.717) is 17.9 Å². The average molecular weight is 387 g/mol. The summed E-state index contributed by atoms with van der Waals surface area (Å²) in [4.78, 5) is 14.9. The van der Waals surface area contributed by atoms with Crippen molar-refractivity contribution in [3.05, 3.63) is 47.0 Å². The van der Waals surface area contributed by atoms with Gasteiger partial charge in [-0.05, 0) is 61.6 Å². The molecule has 6 heteroatoms. The largest absolute Gasteiger partial charge is 0.454 e. The number of hydrogen-bond acceptors (Lipinski definition) is 4. The minimum Gasteiger partial charge on any atom is -0.454 e. The third kappa shape index (κ3) is 4.30. The normalized spacial score (nSPS) is 15.7. The van der Waals surface area contributed by atoms with Gasteiger partial charge in [0.2, 0.25) is 12.7 Å². The van der Waals surface area contributed by atoms with Crippen LogP contribution in [0.5, 0.6) is 11.5 Å². The highest BCUT2D eigenvalue weighted by Crippen LogP contribution is 2.33. The van der Waals surface area contributed by atoms with Crippen LogP contribution in [-0.2, 0) is 11.2 Å². The van der Waals surface area contributed by atoms with Gasteiger partial charge in [-0.2, -0.15) is 0 Å². The Kier molecular flexibility index (Phi) is 5.39. The van der Waals surface area contributed by atoms with Crippen LogP contribution in [0.4, 0.5) is 11.4 Å². The number of nitrogens with one attached hydrogen (secondary N) is 1. The zero-order valence-corrected chi connectivity index (χ0v) is 15.9. The monoisotopic (exact) mass is 386 g/mol. The first-order valence-corrected chi connectivity index (χ1v) is 9.80. The number of fused-ring (bicyclic) bond motifs is 1. The van der Waals surface area contributed by atoms with E-state index < -0.39 is 0 Å². The molecule has 1 saturated heterocycles. The van der Waals surface area contributed by atoms with E-state index in [1.165, 1.54) is 19.3 Å². The van der Waals surface area contributed by atoms with E-state index in [1.54, 1.807) is 0 Å². The molecule has 142 valence electrons. The lowest BCUT2D eigenvalue weighted by atomic mass is 10.1. The average Bonchev–Trinajstić information content (AvgIpc) is 3.15. The molecule has 0 bridgehead atoms. The van der Waals surface area contributed by atoms with Gasteiger partial charge in [0, 0.05) is 24.5 Å². The first kappa shape index (κ1) is 18.0. The van der Waals surface area contributed by atoms with Gasteiger partial charge in [0.1, 0.15) is 0 Å². The second-order valence-electron chi connectivity index (χ2n) is 6.94. The van der Waals surface area contributed by atoms with E-state index in [2.05, 4.69) is 10.2 Å². The molecule has 2 heterocycles. The van der Waals surface area contributed by atoms with Crippen LogP contribution >= 0.6 is 11.6 Å². The molecule has 5 nitrogen and oxygen atoms in total. The number of halogens is 1. The quantitative estimate of drug-likeness (QED) is 0.813. The number of piperidine rings is 1. The van der Waals surface area contributed by atoms with Gasteiger partial charge < -0.3 is 19.7 Å². The maximum Gasteiger partial charge on any atom is 0.231 e. The second-order valence-corrected chi connectivity index (χ2v) is 7.38. The molecule has 0 aromatic heterocycles. The predicted molar refractivity (Wildman–Crippen MR) is 107 cm³/mol. The maximum atomic E-state index is 12.5. The van der Waals surface area contributed by atoms with Crippen molar-refractivity contribution in [2.45, 2.75) is 32.1 Å². The van der Waals surface area contributed by atoms with Gasteiger partial charge >= 0.3 is 0 Å². The third-order valence-electron chi connectivity index (χ3n) is 5.01. The Labute approximate surface area is 164 Å². The summed E-state index contributed by atoms with van der Waals surface area (Å²) < 4.78 is 10.7. The molecule has 2 aromatic carbocycles. The minimum atomic E-state index is -0.0202. The third-order valence-corrected chi connectivity index (χ3v) is 5.24. The lowest BCUT2D eigenvalue weighted by Gasteiger charge is -2.30. The van der Waals surface area contributed by atoms with Crippen molar-refractivity contribution in [1.82, 2.24) is 0 Å². The van der Waals surface area contributed by atoms with Crippen LogP contribution < -0.4 is 19.7 Å². The standard InChI is InChI=1S/C21H23ClN2O3/c22-16-6-7-18(24-10-2-1-3-11-24)17(13-16)23-21(25)9-5-15-4-8-19-20(12-15)27-14-26-19/h4,6-8,12-13H,1-3,5,9-11,14H2,(H,23,25). The first-order valence-electron chi connectivity index (χ1n) is 9.42. The fraction of sp³-hybridized carbons (Fsp3) is 0.381. The summed E-state index contributed by atoms with van der Waals surface area (Å²) in [6.45, 7) is 2.29. The number of rotatable bonds is 5. The highest BCUT2D eigenvalue weighted by atomic mass is 35.5. The minimum absolute atomic E-state index is 0.0202. The number of aryl methyl sites for hydroxylation is 1. The molecule has 0 aliphatic carbocycles. The van der Waals surface area contributed by atoms with Gasteiger partial charge in [-0.25, -0.2) is 0 Å². The van der Waals surface area contributed by atoms with Crippen LogP contribution in [0.25, 0.3) is 0 Å². The molecular formula is C21H23ClN2O3. The van der Waals surface area contributed by atoms with Crippen LogP contribution in [0.2, 0.25) is 5.02 Å². The van der Waals surface area contributed by atoms with Crippen molar-refractivity contribution in [3.63, 3.8) is 0 Å². The number of amides is 1. The fourth-order valence-electron chi connectivity index (χ4n) is 3.59. The lowest BCUT2D eigenvalue weighted by Crippen LogP contribution is -2.30. The molecular weight excluding hydrogens is 364 g/mol. The van der Waals surface area contributed by atoms with Crippen LogP contribution in [0.15, 0.2) is 36.4 Å². The number of nitrogens with zero attached hydrogens (tertiary/aromatic N) is 1. The summed E-state index contributed by atoms with van der Waals surface area (Å²) in [6, 6.07) is 11.5. The Morgan fingerprint density at radius 1 is 1.04 bits per heavy atom. The van der Waals surface area contributed by atoms with Crippen molar-refractivity contribution in [2.24, 2.45) is 0 Å². The highest BCUT2D eigenvalue weighted by molar-refractivity contribution is 6.31. The summed E-state index contributed by atoms with van der Waals surface area (Å²) in [6.07, 6.45) is 4.66. The Balaban J connectivity index is 1.41. The molecule has 0 saturated carbocycles. The van der Waals surface area contributed by atoms with E-state index in [0.717, 1.165) is 41.5 Å². The molecule has 0 unspecified atom stereocenters. The smallest absolute Gasteiger partial charge is 0.231 e. The van der Waals surface area contributed by atoms with Crippen LogP contribution in [0, 0.1) is 0 Å². The lowest BCUT2D eigenvalue weighted by molar-refractivity contribution is -0.116. The predicted octanol–water partition coefficient (Wildman–Crippen LogP) is 4.63. The van der Waals surface area contributed by atoms with Crippen molar-refractivity contribution in [1.29, 1.82) is 0 Å². The number of carbonyl (C=O) groups excluding carboxylic acids is 1. The molecule has 0 radical (unpaired) electrons. The zero-order valence-electron chi connectivity index (χ0n) is 15.2. The van der Waals surface area contributed by atoms with Crippen molar-refractivity contribution < 1.29 is 14.3 Å². The number of ether oxygens (including phenoxy) is 2. The van der Waals surface area contributed by atoms with Crippen molar-refractivity contribution in [3.8, 4) is 11.5 Å². The summed E-state index contributed by atoms with van der Waals surface area (Å²) in [5, 5.41) is 3.68. The molecule has 2 aliphatic heterocycles. The van der Waals surface area contributed by atoms with Gasteiger partial charge in [-0.3, -0.25) is 4.79 Å². The highest BCUT2D eigenvalue weighted by Gasteiger charge is 2.17. The van der Waals surface area contributed by atoms with E-state index in [4.69, 9.17) is 21.1 Å². The summed E-state index contributed by atoms with van der Waals surface area (Å²) >= 11 is 6.17. The van der Waals surface area contributed by atoms with Crippen LogP contribution in [-0.4, -0.2) is 25.8 Å². The van der Waals surface area contributed by atoms with Gasteiger partial charge in [0.15, 0.2) is 11.5 Å². The number of carbonyl (C=O) groups is 1. The Hall–Kier alpha value is -2.40. The molecule has 4 rings (SSSR count). The maximum absolute atomic E-state index is 12.5. The Morgan fingerprint density at radius 3 is 2.70 bits per heavy atom. The topological polar surface area (TPSA) is 50.8 Å². The SMILES string of the molecule is O=C(CCc1ccc2c(c1)OCO2)Nc1cc(Cl)ccc1N1CCCCC1. The summed E-state index contributed by atoms with van der Waals surface area (Å²) in [5.41, 5.74) is 2.90. The van der Waals surface area contributed by atoms with E-state index in [1.807, 2.05) is 36.4 Å². The number of benzene rings is 2. The molecule has 2 aliphatic rings. The van der Waals surface area contributed by atoms with Crippen LogP contribution in [0.3, 0.4) is 0 Å². The molecule has 1 amide bonds. The van der Waals surface area contributed by atoms with Gasteiger partial charge in [-0.1, -0.05) is 17.7 Å². The van der Waals surface area contributed by atoms with E-state index in [9.17, 15) is 4.79 Å². The fourth-order valence-corrected chi connectivity index (χ4v) is 3.76. The summed E-state index contributed by atoms with van der Waals surface area (Å²) in [5.74, 6) is 1.48. The molecule has 1 N–H and O–H groups in total. The Morgan fingerprint density at radius 2 is 1.85 bits per heavy atom. The Bertz CT molecular complexity index is 834. The second kappa shape index (κ2) is 8.09. The van der Waals surface area contributed by atoms with Crippen molar-refractivity contribution in [2.75, 3.05) is 30.1 Å². The molecule has 0 spiro atoms. The van der Waals surface area contributed by atoms with Gasteiger partial charge in [-0.15, -0.1) is 0 Å². The molecule has 27 heavy (non-hydrogen) atoms. The number of hydrogen-bond donors (Lipinski definition) is 1. The van der Waals surface area contributed by atoms with Gasteiger partial charge in [0.25, 0.3) is 0 Å². The van der Waals surface area contributed by atoms with Crippen LogP contribution in [0.1, 0.15) is 31.2 Å². The van der Waals surface area contributed by atoms with E-state index in [-0.39, 0.29) is 12.7 Å². The van der Waals surface area contributed by atoms with Crippen molar-refractivity contribution >= 4 is 28.9 Å². The molecule has 0 atom stereocenters. The zero-order chi connectivity index (χ0) is 18.6. The first-order chi connectivity index (χ1) is 13.2. The number of anilines is 2.